The van der Waals surface area contributed by atoms with Gasteiger partial charge in [0.25, 0.3) is 0 Å². The SMILES string of the molecule is C[C@@H](NC(=O)CCc1nncn1C)c1nc2ccccc2n1C. The lowest BCUT2D eigenvalue weighted by Crippen LogP contribution is -2.28. The van der Waals surface area contributed by atoms with E-state index < -0.39 is 0 Å². The van der Waals surface area contributed by atoms with E-state index in [9.17, 15) is 4.79 Å². The number of amides is 1. The molecule has 2 heterocycles. The Hall–Kier alpha value is -2.70. The van der Waals surface area contributed by atoms with Gasteiger partial charge in [0.05, 0.1) is 17.1 Å². The Morgan fingerprint density at radius 2 is 2.09 bits per heavy atom. The highest BCUT2D eigenvalue weighted by Crippen LogP contribution is 2.19. The van der Waals surface area contributed by atoms with Crippen LogP contribution in [0.15, 0.2) is 30.6 Å². The third-order valence-corrected chi connectivity index (χ3v) is 3.97. The second-order valence-corrected chi connectivity index (χ2v) is 5.67. The Bertz CT molecular complexity index is 834. The van der Waals surface area contributed by atoms with Gasteiger partial charge < -0.3 is 14.5 Å². The molecule has 0 aliphatic rings. The Balaban J connectivity index is 1.65. The lowest BCUT2D eigenvalue weighted by molar-refractivity contribution is -0.121. The molecule has 7 heteroatoms. The van der Waals surface area contributed by atoms with Crippen LogP contribution < -0.4 is 5.32 Å². The molecule has 0 unspecified atom stereocenters. The first-order chi connectivity index (χ1) is 11.1. The molecular formula is C16H20N6O. The number of aromatic nitrogens is 5. The minimum atomic E-state index is -0.153. The van der Waals surface area contributed by atoms with Crippen LogP contribution in [-0.2, 0) is 25.3 Å². The lowest BCUT2D eigenvalue weighted by Gasteiger charge is -2.13. The van der Waals surface area contributed by atoms with Crippen molar-refractivity contribution in [3.63, 3.8) is 0 Å². The maximum absolute atomic E-state index is 12.2. The molecule has 0 fully saturated rings. The summed E-state index contributed by atoms with van der Waals surface area (Å²) < 4.78 is 3.84. The van der Waals surface area contributed by atoms with Crippen LogP contribution in [0.25, 0.3) is 11.0 Å². The van der Waals surface area contributed by atoms with Crippen molar-refractivity contribution in [1.29, 1.82) is 0 Å². The van der Waals surface area contributed by atoms with E-state index in [0.29, 0.717) is 12.8 Å². The van der Waals surface area contributed by atoms with Crippen LogP contribution in [0, 0.1) is 0 Å². The van der Waals surface area contributed by atoms with Crippen molar-refractivity contribution in [3.05, 3.63) is 42.2 Å². The van der Waals surface area contributed by atoms with Crippen LogP contribution in [0.4, 0.5) is 0 Å². The van der Waals surface area contributed by atoms with E-state index in [0.717, 1.165) is 22.7 Å². The van der Waals surface area contributed by atoms with Crippen LogP contribution in [-0.4, -0.2) is 30.2 Å². The van der Waals surface area contributed by atoms with E-state index in [2.05, 4.69) is 20.5 Å². The van der Waals surface area contributed by atoms with E-state index in [1.807, 2.05) is 54.4 Å². The van der Waals surface area contributed by atoms with E-state index >= 15 is 0 Å². The number of imidazole rings is 1. The molecule has 3 aromatic rings. The molecule has 3 rings (SSSR count). The quantitative estimate of drug-likeness (QED) is 0.774. The van der Waals surface area contributed by atoms with E-state index in [1.54, 1.807) is 6.33 Å². The molecule has 0 bridgehead atoms. The van der Waals surface area contributed by atoms with Crippen molar-refractivity contribution in [2.45, 2.75) is 25.8 Å². The molecular weight excluding hydrogens is 292 g/mol. The fourth-order valence-electron chi connectivity index (χ4n) is 2.69. The largest absolute Gasteiger partial charge is 0.346 e. The standard InChI is InChI=1S/C16H20N6O/c1-11(16-19-12-6-4-5-7-13(12)22(16)3)18-15(23)9-8-14-20-17-10-21(14)2/h4-7,10-11H,8-9H2,1-3H3,(H,18,23)/t11-/m1/s1. The number of hydrogen-bond acceptors (Lipinski definition) is 4. The zero-order valence-corrected chi connectivity index (χ0v) is 13.5. The summed E-state index contributed by atoms with van der Waals surface area (Å²) in [6.45, 7) is 1.95. The van der Waals surface area contributed by atoms with Crippen LogP contribution in [0.2, 0.25) is 0 Å². The van der Waals surface area contributed by atoms with Crippen molar-refractivity contribution in [1.82, 2.24) is 29.6 Å². The Labute approximate surface area is 134 Å². The predicted molar refractivity (Wildman–Crippen MR) is 86.6 cm³/mol. The molecule has 0 aliphatic heterocycles. The number of fused-ring (bicyclic) bond motifs is 1. The normalized spacial score (nSPS) is 12.5. The number of carbonyl (C=O) groups is 1. The third-order valence-electron chi connectivity index (χ3n) is 3.97. The first-order valence-corrected chi connectivity index (χ1v) is 7.60. The molecule has 1 atom stereocenters. The number of benzene rings is 1. The predicted octanol–water partition coefficient (Wildman–Crippen LogP) is 1.51. The molecule has 0 aliphatic carbocycles. The van der Waals surface area contributed by atoms with Crippen molar-refractivity contribution in [2.75, 3.05) is 0 Å². The highest BCUT2D eigenvalue weighted by atomic mass is 16.1. The van der Waals surface area contributed by atoms with Crippen LogP contribution >= 0.6 is 0 Å². The molecule has 0 radical (unpaired) electrons. The summed E-state index contributed by atoms with van der Waals surface area (Å²) in [5.41, 5.74) is 1.99. The molecule has 1 amide bonds. The average Bonchev–Trinajstić information content (AvgIpc) is 3.09. The molecule has 23 heavy (non-hydrogen) atoms. The minimum Gasteiger partial charge on any atom is -0.346 e. The average molecular weight is 312 g/mol. The summed E-state index contributed by atoms with van der Waals surface area (Å²) in [6.07, 6.45) is 2.58. The molecule has 0 saturated carbocycles. The topological polar surface area (TPSA) is 77.6 Å². The number of rotatable bonds is 5. The minimum absolute atomic E-state index is 0.0208. The van der Waals surface area contributed by atoms with E-state index in [4.69, 9.17) is 0 Å². The maximum Gasteiger partial charge on any atom is 0.221 e. The van der Waals surface area contributed by atoms with Crippen LogP contribution in [0.1, 0.15) is 31.0 Å². The lowest BCUT2D eigenvalue weighted by atomic mass is 10.2. The van der Waals surface area contributed by atoms with Crippen molar-refractivity contribution in [3.8, 4) is 0 Å². The zero-order valence-electron chi connectivity index (χ0n) is 13.5. The maximum atomic E-state index is 12.2. The third kappa shape index (κ3) is 3.08. The fourth-order valence-corrected chi connectivity index (χ4v) is 2.69. The molecule has 1 N–H and O–H groups in total. The molecule has 2 aromatic heterocycles. The van der Waals surface area contributed by atoms with Crippen molar-refractivity contribution < 1.29 is 4.79 Å². The van der Waals surface area contributed by atoms with Gasteiger partial charge in [0.15, 0.2) is 0 Å². The summed E-state index contributed by atoms with van der Waals surface area (Å²) in [4.78, 5) is 16.8. The van der Waals surface area contributed by atoms with Crippen molar-refractivity contribution >= 4 is 16.9 Å². The molecule has 7 nitrogen and oxygen atoms in total. The van der Waals surface area contributed by atoms with Gasteiger partial charge in [-0.05, 0) is 19.1 Å². The Morgan fingerprint density at radius 1 is 1.30 bits per heavy atom. The van der Waals surface area contributed by atoms with Gasteiger partial charge in [-0.15, -0.1) is 10.2 Å². The second-order valence-electron chi connectivity index (χ2n) is 5.67. The van der Waals surface area contributed by atoms with Crippen molar-refractivity contribution in [2.24, 2.45) is 14.1 Å². The van der Waals surface area contributed by atoms with Gasteiger partial charge in [0.2, 0.25) is 5.91 Å². The Kier molecular flexibility index (Phi) is 4.10. The van der Waals surface area contributed by atoms with Gasteiger partial charge in [-0.2, -0.15) is 0 Å². The fraction of sp³-hybridized carbons (Fsp3) is 0.375. The van der Waals surface area contributed by atoms with Gasteiger partial charge in [-0.3, -0.25) is 4.79 Å². The first-order valence-electron chi connectivity index (χ1n) is 7.60. The van der Waals surface area contributed by atoms with E-state index in [-0.39, 0.29) is 11.9 Å². The molecule has 1 aromatic carbocycles. The molecule has 120 valence electrons. The number of aryl methyl sites for hydroxylation is 3. The van der Waals surface area contributed by atoms with Crippen LogP contribution in [0.3, 0.4) is 0 Å². The number of hydrogen-bond donors (Lipinski definition) is 1. The highest BCUT2D eigenvalue weighted by molar-refractivity contribution is 5.78. The number of para-hydroxylation sites is 2. The van der Waals surface area contributed by atoms with Gasteiger partial charge in [0, 0.05) is 26.9 Å². The van der Waals surface area contributed by atoms with E-state index in [1.165, 1.54) is 0 Å². The monoisotopic (exact) mass is 312 g/mol. The summed E-state index contributed by atoms with van der Waals surface area (Å²) in [7, 11) is 3.84. The number of nitrogens with one attached hydrogen (secondary N) is 1. The summed E-state index contributed by atoms with van der Waals surface area (Å²) in [6, 6.07) is 7.79. The van der Waals surface area contributed by atoms with Gasteiger partial charge >= 0.3 is 0 Å². The van der Waals surface area contributed by atoms with Gasteiger partial charge in [-0.25, -0.2) is 4.98 Å². The molecule has 0 saturated heterocycles. The summed E-state index contributed by atoms with van der Waals surface area (Å²) in [5, 5.41) is 10.8. The van der Waals surface area contributed by atoms with Gasteiger partial charge in [0.1, 0.15) is 18.0 Å². The highest BCUT2D eigenvalue weighted by Gasteiger charge is 2.16. The Morgan fingerprint density at radius 3 is 2.78 bits per heavy atom. The number of nitrogens with zero attached hydrogens (tertiary/aromatic N) is 5. The smallest absolute Gasteiger partial charge is 0.221 e. The molecule has 0 spiro atoms. The summed E-state index contributed by atoms with van der Waals surface area (Å²) in [5.74, 6) is 1.63. The zero-order chi connectivity index (χ0) is 16.4. The van der Waals surface area contributed by atoms with Crippen LogP contribution in [0.5, 0.6) is 0 Å². The second kappa shape index (κ2) is 6.20. The first kappa shape index (κ1) is 15.2. The summed E-state index contributed by atoms with van der Waals surface area (Å²) >= 11 is 0. The van der Waals surface area contributed by atoms with Gasteiger partial charge in [-0.1, -0.05) is 12.1 Å². The number of carbonyl (C=O) groups excluding carboxylic acids is 1.